The number of benzene rings is 1. The van der Waals surface area contributed by atoms with Crippen molar-refractivity contribution >= 4 is 43.8 Å². The van der Waals surface area contributed by atoms with Gasteiger partial charge in [0.05, 0.1) is 15.0 Å². The molecule has 0 saturated heterocycles. The summed E-state index contributed by atoms with van der Waals surface area (Å²) in [5, 5.41) is 1.34. The van der Waals surface area contributed by atoms with Gasteiger partial charge in [0.2, 0.25) is 0 Å². The summed E-state index contributed by atoms with van der Waals surface area (Å²) in [5.74, 6) is -0.0887. The molecule has 18 heavy (non-hydrogen) atoms. The Hall–Kier alpha value is -0.780. The Morgan fingerprint density at radius 3 is 2.50 bits per heavy atom. The molecule has 94 valence electrons. The minimum absolute atomic E-state index is 0.0887. The van der Waals surface area contributed by atoms with Crippen molar-refractivity contribution in [3.8, 4) is 0 Å². The third-order valence-electron chi connectivity index (χ3n) is 2.51. The maximum atomic E-state index is 12.2. The summed E-state index contributed by atoms with van der Waals surface area (Å²) in [4.78, 5) is 12.2. The monoisotopic (exact) mass is 342 g/mol. The molecule has 2 aromatic rings. The van der Waals surface area contributed by atoms with Crippen LogP contribution in [0.15, 0.2) is 50.5 Å². The molecule has 0 bridgehead atoms. The van der Waals surface area contributed by atoms with Crippen LogP contribution in [0.5, 0.6) is 0 Å². The van der Waals surface area contributed by atoms with Gasteiger partial charge in [-0.2, -0.15) is 0 Å². The molecule has 1 heterocycles. The summed E-state index contributed by atoms with van der Waals surface area (Å²) in [7, 11) is -1.28. The van der Waals surface area contributed by atoms with Crippen molar-refractivity contribution in [1.29, 1.82) is 0 Å². The average Bonchev–Trinajstić information content (AvgIpc) is 2.91. The van der Waals surface area contributed by atoms with E-state index in [2.05, 4.69) is 15.9 Å². The fourth-order valence-electron chi connectivity index (χ4n) is 1.50. The molecular weight excluding hydrogens is 332 g/mol. The van der Waals surface area contributed by atoms with Crippen LogP contribution in [-0.4, -0.2) is 15.2 Å². The summed E-state index contributed by atoms with van der Waals surface area (Å²) in [5.41, 5.74) is 0.593. The highest BCUT2D eigenvalue weighted by atomic mass is 79.9. The predicted molar refractivity (Wildman–Crippen MR) is 78.7 cm³/mol. The molecule has 0 fully saturated rings. The van der Waals surface area contributed by atoms with E-state index in [1.165, 1.54) is 11.3 Å². The zero-order chi connectivity index (χ0) is 13.1. The Bertz CT molecular complexity index is 561. The quantitative estimate of drug-likeness (QED) is 0.790. The second-order valence-electron chi connectivity index (χ2n) is 3.74. The molecule has 0 N–H and O–H groups in total. The minimum atomic E-state index is -1.28. The van der Waals surface area contributed by atoms with Gasteiger partial charge in [0.25, 0.3) is 0 Å². The summed E-state index contributed by atoms with van der Waals surface area (Å²) in [6.45, 7) is 1.71. The third kappa shape index (κ3) is 2.96. The molecule has 1 aromatic carbocycles. The Labute approximate surface area is 121 Å². The third-order valence-corrected chi connectivity index (χ3v) is 5.87. The van der Waals surface area contributed by atoms with E-state index in [0.717, 1.165) is 8.68 Å². The van der Waals surface area contributed by atoms with Crippen molar-refractivity contribution in [1.82, 2.24) is 0 Å². The van der Waals surface area contributed by atoms with E-state index in [0.29, 0.717) is 5.56 Å². The topological polar surface area (TPSA) is 34.1 Å². The Morgan fingerprint density at radius 2 is 1.94 bits per heavy atom. The van der Waals surface area contributed by atoms with Crippen molar-refractivity contribution in [3.63, 3.8) is 0 Å². The van der Waals surface area contributed by atoms with Crippen LogP contribution in [0.2, 0.25) is 0 Å². The second kappa shape index (κ2) is 5.91. The average molecular weight is 343 g/mol. The lowest BCUT2D eigenvalue weighted by Gasteiger charge is -2.09. The number of carbonyl (C=O) groups excluding carboxylic acids is 1. The van der Waals surface area contributed by atoms with E-state index in [9.17, 15) is 9.00 Å². The lowest BCUT2D eigenvalue weighted by Crippen LogP contribution is -2.22. The van der Waals surface area contributed by atoms with Gasteiger partial charge in [0.1, 0.15) is 5.25 Å². The molecule has 2 unspecified atom stereocenters. The van der Waals surface area contributed by atoms with E-state index in [1.54, 1.807) is 25.1 Å². The first-order valence-electron chi connectivity index (χ1n) is 5.33. The molecule has 2 atom stereocenters. The number of hydrogen-bond donors (Lipinski definition) is 0. The van der Waals surface area contributed by atoms with Crippen LogP contribution in [0.3, 0.4) is 0 Å². The van der Waals surface area contributed by atoms with Crippen LogP contribution in [0.4, 0.5) is 0 Å². The van der Waals surface area contributed by atoms with Crippen LogP contribution in [-0.2, 0) is 10.8 Å². The van der Waals surface area contributed by atoms with Crippen molar-refractivity contribution < 1.29 is 9.00 Å². The standard InChI is InChI=1S/C13H11BrO2S2/c1-9(18(16)12-3-2-8-17-12)13(15)10-4-6-11(14)7-5-10/h2-9H,1H3. The normalized spacial score (nSPS) is 14.1. The van der Waals surface area contributed by atoms with Crippen LogP contribution < -0.4 is 0 Å². The van der Waals surface area contributed by atoms with Gasteiger partial charge in [-0.1, -0.05) is 34.1 Å². The fourth-order valence-corrected chi connectivity index (χ4v) is 4.08. The van der Waals surface area contributed by atoms with Gasteiger partial charge in [-0.25, -0.2) is 0 Å². The zero-order valence-corrected chi connectivity index (χ0v) is 12.8. The first-order chi connectivity index (χ1) is 8.59. The number of rotatable bonds is 4. The van der Waals surface area contributed by atoms with Gasteiger partial charge in [-0.3, -0.25) is 9.00 Å². The Kier molecular flexibility index (Phi) is 4.48. The van der Waals surface area contributed by atoms with Gasteiger partial charge in [0.15, 0.2) is 5.78 Å². The van der Waals surface area contributed by atoms with E-state index in [4.69, 9.17) is 0 Å². The number of Topliss-reactive ketones (excluding diaryl/α,β-unsaturated/α-hetero) is 1. The van der Waals surface area contributed by atoms with Crippen molar-refractivity contribution in [3.05, 3.63) is 51.8 Å². The first kappa shape index (κ1) is 13.6. The second-order valence-corrected chi connectivity index (χ2v) is 7.61. The van der Waals surface area contributed by atoms with E-state index in [1.807, 2.05) is 23.6 Å². The summed E-state index contributed by atoms with van der Waals surface area (Å²) in [6.07, 6.45) is 0. The molecule has 0 radical (unpaired) electrons. The maximum Gasteiger partial charge on any atom is 0.178 e. The molecule has 2 nitrogen and oxygen atoms in total. The van der Waals surface area contributed by atoms with Crippen LogP contribution in [0, 0.1) is 0 Å². The zero-order valence-electron chi connectivity index (χ0n) is 9.63. The Morgan fingerprint density at radius 1 is 1.28 bits per heavy atom. The molecule has 0 amide bonds. The molecule has 1 aromatic heterocycles. The van der Waals surface area contributed by atoms with Gasteiger partial charge >= 0.3 is 0 Å². The van der Waals surface area contributed by atoms with Gasteiger partial charge in [-0.15, -0.1) is 11.3 Å². The molecular formula is C13H11BrO2S2. The van der Waals surface area contributed by atoms with Gasteiger partial charge < -0.3 is 0 Å². The van der Waals surface area contributed by atoms with Crippen LogP contribution >= 0.6 is 27.3 Å². The van der Waals surface area contributed by atoms with Crippen molar-refractivity contribution in [2.24, 2.45) is 0 Å². The number of ketones is 1. The molecule has 0 saturated carbocycles. The number of halogens is 1. The first-order valence-corrected chi connectivity index (χ1v) is 8.22. The lowest BCUT2D eigenvalue weighted by molar-refractivity contribution is 0.0992. The molecule has 0 aliphatic heterocycles. The molecule has 0 aliphatic rings. The number of carbonyl (C=O) groups is 1. The molecule has 5 heteroatoms. The SMILES string of the molecule is CC(C(=O)c1ccc(Br)cc1)S(=O)c1cccs1. The minimum Gasteiger partial charge on any atom is -0.293 e. The number of hydrogen-bond acceptors (Lipinski definition) is 3. The predicted octanol–water partition coefficient (Wildman–Crippen LogP) is 3.89. The molecule has 0 spiro atoms. The van der Waals surface area contributed by atoms with Gasteiger partial charge in [-0.05, 0) is 30.5 Å². The summed E-state index contributed by atoms with van der Waals surface area (Å²) < 4.78 is 13.8. The summed E-state index contributed by atoms with van der Waals surface area (Å²) in [6, 6.07) is 10.8. The van der Waals surface area contributed by atoms with Crippen molar-refractivity contribution in [2.75, 3.05) is 0 Å². The molecule has 2 rings (SSSR count). The fraction of sp³-hybridized carbons (Fsp3) is 0.154. The van der Waals surface area contributed by atoms with Crippen LogP contribution in [0.1, 0.15) is 17.3 Å². The summed E-state index contributed by atoms with van der Waals surface area (Å²) >= 11 is 4.74. The van der Waals surface area contributed by atoms with Crippen LogP contribution in [0.25, 0.3) is 0 Å². The highest BCUT2D eigenvalue weighted by molar-refractivity contribution is 9.10. The molecule has 0 aliphatic carbocycles. The Balaban J connectivity index is 2.19. The largest absolute Gasteiger partial charge is 0.293 e. The highest BCUT2D eigenvalue weighted by Gasteiger charge is 2.23. The number of thiophene rings is 1. The van der Waals surface area contributed by atoms with Gasteiger partial charge in [0, 0.05) is 10.0 Å². The van der Waals surface area contributed by atoms with E-state index in [-0.39, 0.29) is 5.78 Å². The van der Waals surface area contributed by atoms with E-state index < -0.39 is 16.0 Å². The lowest BCUT2D eigenvalue weighted by atomic mass is 10.1. The highest BCUT2D eigenvalue weighted by Crippen LogP contribution is 2.20. The smallest absolute Gasteiger partial charge is 0.178 e. The maximum absolute atomic E-state index is 12.2. The van der Waals surface area contributed by atoms with E-state index >= 15 is 0 Å². The van der Waals surface area contributed by atoms with Crippen molar-refractivity contribution in [2.45, 2.75) is 16.4 Å².